The van der Waals surface area contributed by atoms with Crippen LogP contribution in [0, 0.1) is 10.1 Å². The molecule has 5 rings (SSSR count). The van der Waals surface area contributed by atoms with Crippen molar-refractivity contribution in [1.82, 2.24) is 4.57 Å². The van der Waals surface area contributed by atoms with Crippen molar-refractivity contribution in [3.63, 3.8) is 0 Å². The quantitative estimate of drug-likeness (QED) is 0.501. The van der Waals surface area contributed by atoms with E-state index in [1.807, 2.05) is 35.0 Å². The third-order valence-corrected chi connectivity index (χ3v) is 5.23. The number of aromatic nitrogens is 1. The molecule has 2 aliphatic heterocycles. The Labute approximate surface area is 160 Å². The zero-order valence-electron chi connectivity index (χ0n) is 14.8. The van der Waals surface area contributed by atoms with Crippen molar-refractivity contribution in [3.8, 4) is 17.2 Å². The van der Waals surface area contributed by atoms with Crippen molar-refractivity contribution in [2.75, 3.05) is 13.2 Å². The van der Waals surface area contributed by atoms with Gasteiger partial charge in [-0.25, -0.2) is 0 Å². The van der Waals surface area contributed by atoms with Gasteiger partial charge in [-0.3, -0.25) is 14.9 Å². The third kappa shape index (κ3) is 2.55. The largest absolute Gasteiger partial charge is 0.486 e. The van der Waals surface area contributed by atoms with Crippen LogP contribution in [0.4, 0.5) is 5.69 Å². The van der Waals surface area contributed by atoms with Crippen LogP contribution in [-0.2, 0) is 0 Å². The Balaban J connectivity index is 1.67. The maximum Gasteiger partial charge on any atom is 0.269 e. The van der Waals surface area contributed by atoms with E-state index in [0.29, 0.717) is 30.3 Å². The van der Waals surface area contributed by atoms with Crippen LogP contribution < -0.4 is 9.47 Å². The molecule has 1 atom stereocenters. The molecular weight excluding hydrogens is 360 g/mol. The molecule has 7 nitrogen and oxygen atoms in total. The minimum absolute atomic E-state index is 0.0158. The lowest BCUT2D eigenvalue weighted by atomic mass is 9.89. The van der Waals surface area contributed by atoms with E-state index in [1.165, 1.54) is 6.07 Å². The summed E-state index contributed by atoms with van der Waals surface area (Å²) in [5.74, 6) is 0.868. The molecule has 1 unspecified atom stereocenters. The van der Waals surface area contributed by atoms with Gasteiger partial charge in [0.2, 0.25) is 0 Å². The van der Waals surface area contributed by atoms with Gasteiger partial charge in [0.1, 0.15) is 13.2 Å². The number of nitro benzene ring substituents is 1. The van der Waals surface area contributed by atoms with E-state index in [-0.39, 0.29) is 23.8 Å². The topological polar surface area (TPSA) is 83.6 Å². The van der Waals surface area contributed by atoms with E-state index in [0.717, 1.165) is 16.9 Å². The SMILES string of the molecule is O=C1CC(c2cccc([N+](=O)[O-])c2)c2cccn2-c2cc3c(cc21)OCCO3. The predicted molar refractivity (Wildman–Crippen MR) is 101 cm³/mol. The maximum absolute atomic E-state index is 13.1. The number of hydrogen-bond donors (Lipinski definition) is 0. The standard InChI is InChI=1S/C21H16N2O5/c24-19-10-15(13-3-1-4-14(9-13)23(25)26)17-5-2-6-22(17)18-12-21-20(11-16(18)19)27-7-8-28-21/h1-6,9,11-12,15H,7-8,10H2. The Morgan fingerprint density at radius 3 is 2.61 bits per heavy atom. The molecule has 7 heteroatoms. The molecular formula is C21H16N2O5. The first kappa shape index (κ1) is 16.6. The van der Waals surface area contributed by atoms with Crippen molar-refractivity contribution in [1.29, 1.82) is 0 Å². The molecule has 0 spiro atoms. The van der Waals surface area contributed by atoms with Crippen molar-refractivity contribution in [3.05, 3.63) is 81.7 Å². The van der Waals surface area contributed by atoms with Crippen molar-refractivity contribution < 1.29 is 19.2 Å². The van der Waals surface area contributed by atoms with Gasteiger partial charge >= 0.3 is 0 Å². The highest BCUT2D eigenvalue weighted by atomic mass is 16.6. The van der Waals surface area contributed by atoms with Crippen molar-refractivity contribution >= 4 is 11.5 Å². The summed E-state index contributed by atoms with van der Waals surface area (Å²) in [6, 6.07) is 13.9. The molecule has 2 aliphatic rings. The molecule has 3 heterocycles. The minimum atomic E-state index is -0.418. The number of nitrogens with zero attached hydrogens (tertiary/aromatic N) is 2. The fourth-order valence-electron chi connectivity index (χ4n) is 3.94. The molecule has 28 heavy (non-hydrogen) atoms. The van der Waals surface area contributed by atoms with Gasteiger partial charge < -0.3 is 14.0 Å². The fourth-order valence-corrected chi connectivity index (χ4v) is 3.94. The van der Waals surface area contributed by atoms with Gasteiger partial charge in [-0.15, -0.1) is 0 Å². The second-order valence-corrected chi connectivity index (χ2v) is 6.85. The van der Waals surface area contributed by atoms with Crippen LogP contribution in [0.1, 0.15) is 34.0 Å². The molecule has 0 radical (unpaired) electrons. The second kappa shape index (κ2) is 6.23. The molecule has 0 saturated heterocycles. The van der Waals surface area contributed by atoms with E-state index < -0.39 is 4.92 Å². The average Bonchev–Trinajstić information content (AvgIpc) is 3.16. The lowest BCUT2D eigenvalue weighted by Crippen LogP contribution is -2.16. The summed E-state index contributed by atoms with van der Waals surface area (Å²) in [7, 11) is 0. The summed E-state index contributed by atoms with van der Waals surface area (Å²) in [6.45, 7) is 0.916. The highest BCUT2D eigenvalue weighted by Gasteiger charge is 2.31. The Hall–Kier alpha value is -3.61. The monoisotopic (exact) mass is 376 g/mol. The Bertz CT molecular complexity index is 1120. The zero-order valence-corrected chi connectivity index (χ0v) is 14.8. The van der Waals surface area contributed by atoms with E-state index in [4.69, 9.17) is 9.47 Å². The third-order valence-electron chi connectivity index (χ3n) is 5.23. The molecule has 0 aliphatic carbocycles. The summed E-state index contributed by atoms with van der Waals surface area (Å²) in [5, 5.41) is 11.2. The van der Waals surface area contributed by atoms with Crippen LogP contribution in [0.15, 0.2) is 54.7 Å². The van der Waals surface area contributed by atoms with Crippen molar-refractivity contribution in [2.24, 2.45) is 0 Å². The smallest absolute Gasteiger partial charge is 0.269 e. The summed E-state index contributed by atoms with van der Waals surface area (Å²) in [6.07, 6.45) is 2.12. The number of hydrogen-bond acceptors (Lipinski definition) is 5. The molecule has 3 aromatic rings. The molecule has 1 aromatic heterocycles. The van der Waals surface area contributed by atoms with Crippen LogP contribution in [0.2, 0.25) is 0 Å². The first-order valence-corrected chi connectivity index (χ1v) is 9.00. The number of benzene rings is 2. The summed E-state index contributed by atoms with van der Waals surface area (Å²) >= 11 is 0. The van der Waals surface area contributed by atoms with Crippen LogP contribution in [-0.4, -0.2) is 28.5 Å². The van der Waals surface area contributed by atoms with E-state index >= 15 is 0 Å². The number of carbonyl (C=O) groups excluding carboxylic acids is 1. The lowest BCUT2D eigenvalue weighted by molar-refractivity contribution is -0.384. The number of non-ortho nitro benzene ring substituents is 1. The molecule has 0 saturated carbocycles. The Kier molecular flexibility index (Phi) is 3.68. The zero-order chi connectivity index (χ0) is 19.3. The number of ketones is 1. The minimum Gasteiger partial charge on any atom is -0.486 e. The molecule has 140 valence electrons. The highest BCUT2D eigenvalue weighted by Crippen LogP contribution is 2.41. The molecule has 2 aromatic carbocycles. The Morgan fingerprint density at radius 2 is 1.82 bits per heavy atom. The second-order valence-electron chi connectivity index (χ2n) is 6.85. The van der Waals surface area contributed by atoms with Crippen LogP contribution in [0.5, 0.6) is 11.5 Å². The van der Waals surface area contributed by atoms with Gasteiger partial charge in [-0.05, 0) is 23.8 Å². The van der Waals surface area contributed by atoms with Gasteiger partial charge in [0.25, 0.3) is 5.69 Å². The van der Waals surface area contributed by atoms with E-state index in [9.17, 15) is 14.9 Å². The summed E-state index contributed by atoms with van der Waals surface area (Å²) in [4.78, 5) is 23.9. The van der Waals surface area contributed by atoms with Gasteiger partial charge in [0.05, 0.1) is 10.6 Å². The van der Waals surface area contributed by atoms with Gasteiger partial charge in [-0.1, -0.05) is 12.1 Å². The molecule has 0 bridgehead atoms. The fraction of sp³-hybridized carbons (Fsp3) is 0.190. The number of fused-ring (bicyclic) bond motifs is 4. The van der Waals surface area contributed by atoms with Crippen LogP contribution >= 0.6 is 0 Å². The first-order chi connectivity index (χ1) is 13.6. The predicted octanol–water partition coefficient (Wildman–Crippen LogP) is 3.88. The molecule has 0 amide bonds. The van der Waals surface area contributed by atoms with Gasteiger partial charge in [0.15, 0.2) is 17.3 Å². The molecule has 0 N–H and O–H groups in total. The average molecular weight is 376 g/mol. The van der Waals surface area contributed by atoms with Crippen molar-refractivity contribution in [2.45, 2.75) is 12.3 Å². The number of nitro groups is 1. The van der Waals surface area contributed by atoms with Crippen LogP contribution in [0.3, 0.4) is 0 Å². The maximum atomic E-state index is 13.1. The number of ether oxygens (including phenoxy) is 2. The number of rotatable bonds is 2. The lowest BCUT2D eigenvalue weighted by Gasteiger charge is -2.21. The first-order valence-electron chi connectivity index (χ1n) is 9.00. The number of Topliss-reactive ketones (excluding diaryl/α,β-unsaturated/α-hetero) is 1. The highest BCUT2D eigenvalue weighted by molar-refractivity contribution is 6.01. The van der Waals surface area contributed by atoms with Gasteiger partial charge in [0, 0.05) is 48.0 Å². The Morgan fingerprint density at radius 1 is 1.04 bits per heavy atom. The van der Waals surface area contributed by atoms with Crippen LogP contribution in [0.25, 0.3) is 5.69 Å². The number of carbonyl (C=O) groups is 1. The van der Waals surface area contributed by atoms with Gasteiger partial charge in [-0.2, -0.15) is 0 Å². The summed E-state index contributed by atoms with van der Waals surface area (Å²) in [5.41, 5.74) is 2.97. The van der Waals surface area contributed by atoms with E-state index in [2.05, 4.69) is 0 Å². The summed E-state index contributed by atoms with van der Waals surface area (Å²) < 4.78 is 13.3. The normalized spacial score (nSPS) is 17.4. The molecule has 0 fully saturated rings. The van der Waals surface area contributed by atoms with E-state index in [1.54, 1.807) is 18.2 Å².